The van der Waals surface area contributed by atoms with Crippen LogP contribution in [0.2, 0.25) is 0 Å². The molecule has 2 aromatic rings. The zero-order valence-corrected chi connectivity index (χ0v) is 14.3. The lowest BCUT2D eigenvalue weighted by Gasteiger charge is -2.32. The monoisotopic (exact) mass is 338 g/mol. The van der Waals surface area contributed by atoms with Crippen LogP contribution < -0.4 is 0 Å². The lowest BCUT2D eigenvalue weighted by molar-refractivity contribution is -0.158. The fraction of sp³-hybridized carbons (Fsp3) is 0.333. The number of ether oxygens (including phenoxy) is 2. The Hall–Kier alpha value is -2.62. The molecule has 2 atom stereocenters. The molecule has 0 spiro atoms. The van der Waals surface area contributed by atoms with E-state index >= 15 is 0 Å². The topological polar surface area (TPSA) is 52.6 Å². The molecule has 0 aromatic heterocycles. The second-order valence-electron chi connectivity index (χ2n) is 6.46. The van der Waals surface area contributed by atoms with Gasteiger partial charge in [-0.05, 0) is 43.4 Å². The van der Waals surface area contributed by atoms with Crippen LogP contribution in [-0.4, -0.2) is 25.2 Å². The fourth-order valence-corrected chi connectivity index (χ4v) is 3.65. The molecule has 0 bridgehead atoms. The highest BCUT2D eigenvalue weighted by Crippen LogP contribution is 2.44. The van der Waals surface area contributed by atoms with Crippen LogP contribution in [-0.2, 0) is 20.7 Å². The number of esters is 2. The maximum atomic E-state index is 12.7. The zero-order chi connectivity index (χ0) is 17.7. The summed E-state index contributed by atoms with van der Waals surface area (Å²) in [6, 6.07) is 18.7. The third-order valence-electron chi connectivity index (χ3n) is 4.92. The van der Waals surface area contributed by atoms with E-state index in [2.05, 4.69) is 0 Å². The minimum atomic E-state index is -0.819. The minimum absolute atomic E-state index is 0.306. The molecule has 1 saturated carbocycles. The van der Waals surface area contributed by atoms with Crippen LogP contribution in [0.25, 0.3) is 0 Å². The first kappa shape index (κ1) is 17.2. The fourth-order valence-electron chi connectivity index (χ4n) is 3.65. The molecule has 0 N–H and O–H groups in total. The number of carbonyl (C=O) groups excluding carboxylic acids is 2. The Balaban J connectivity index is 1.85. The van der Waals surface area contributed by atoms with E-state index in [1.54, 1.807) is 24.3 Å². The van der Waals surface area contributed by atoms with Gasteiger partial charge >= 0.3 is 11.9 Å². The number of rotatable bonds is 5. The Labute approximate surface area is 147 Å². The van der Waals surface area contributed by atoms with Gasteiger partial charge in [-0.1, -0.05) is 48.5 Å². The molecular weight excluding hydrogens is 316 g/mol. The number of methoxy groups -OCH3 is 1. The number of carbonyl (C=O) groups is 2. The van der Waals surface area contributed by atoms with Crippen molar-refractivity contribution in [3.05, 3.63) is 71.8 Å². The average Bonchev–Trinajstić information content (AvgIpc) is 3.05. The van der Waals surface area contributed by atoms with Crippen molar-refractivity contribution in [3.63, 3.8) is 0 Å². The molecule has 0 aliphatic heterocycles. The molecule has 1 aliphatic carbocycles. The summed E-state index contributed by atoms with van der Waals surface area (Å²) in [5.41, 5.74) is 0.712. The Morgan fingerprint density at radius 2 is 1.68 bits per heavy atom. The van der Waals surface area contributed by atoms with Crippen molar-refractivity contribution >= 4 is 11.9 Å². The van der Waals surface area contributed by atoms with Gasteiger partial charge in [0.25, 0.3) is 0 Å². The highest BCUT2D eigenvalue weighted by atomic mass is 16.6. The summed E-state index contributed by atoms with van der Waals surface area (Å²) in [6.07, 6.45) is 2.18. The van der Waals surface area contributed by atoms with Crippen molar-refractivity contribution in [2.45, 2.75) is 31.8 Å². The van der Waals surface area contributed by atoms with E-state index < -0.39 is 17.5 Å². The standard InChI is InChI=1S/C21H22O4/c1-24-20(23)21(15-16-9-4-2-5-10-16)14-8-13-18(21)25-19(22)17-11-6-3-7-12-17/h2-7,9-12,18H,8,13-15H2,1H3. The molecule has 2 aromatic carbocycles. The van der Waals surface area contributed by atoms with Gasteiger partial charge in [0, 0.05) is 0 Å². The van der Waals surface area contributed by atoms with E-state index in [9.17, 15) is 9.59 Å². The van der Waals surface area contributed by atoms with Gasteiger partial charge in [0.1, 0.15) is 11.5 Å². The molecule has 1 fully saturated rings. The van der Waals surface area contributed by atoms with Gasteiger partial charge < -0.3 is 9.47 Å². The van der Waals surface area contributed by atoms with Crippen molar-refractivity contribution in [1.29, 1.82) is 0 Å². The second-order valence-corrected chi connectivity index (χ2v) is 6.46. The zero-order valence-electron chi connectivity index (χ0n) is 14.3. The van der Waals surface area contributed by atoms with E-state index in [4.69, 9.17) is 9.47 Å². The smallest absolute Gasteiger partial charge is 0.338 e. The molecule has 4 heteroatoms. The van der Waals surface area contributed by atoms with Crippen molar-refractivity contribution in [1.82, 2.24) is 0 Å². The van der Waals surface area contributed by atoms with Gasteiger partial charge in [-0.15, -0.1) is 0 Å². The summed E-state index contributed by atoms with van der Waals surface area (Å²) in [5.74, 6) is -0.700. The lowest BCUT2D eigenvalue weighted by atomic mass is 9.78. The Morgan fingerprint density at radius 3 is 2.32 bits per heavy atom. The molecule has 1 aliphatic rings. The van der Waals surface area contributed by atoms with Gasteiger partial charge in [-0.3, -0.25) is 4.79 Å². The van der Waals surface area contributed by atoms with Crippen molar-refractivity contribution in [3.8, 4) is 0 Å². The van der Waals surface area contributed by atoms with Gasteiger partial charge in [-0.25, -0.2) is 4.79 Å². The van der Waals surface area contributed by atoms with Crippen molar-refractivity contribution in [2.75, 3.05) is 7.11 Å². The van der Waals surface area contributed by atoms with Crippen LogP contribution >= 0.6 is 0 Å². The maximum absolute atomic E-state index is 12.7. The van der Waals surface area contributed by atoms with E-state index in [0.717, 1.165) is 12.0 Å². The minimum Gasteiger partial charge on any atom is -0.468 e. The third-order valence-corrected chi connectivity index (χ3v) is 4.92. The summed E-state index contributed by atoms with van der Waals surface area (Å²) >= 11 is 0. The number of benzene rings is 2. The van der Waals surface area contributed by atoms with E-state index in [1.165, 1.54) is 7.11 Å². The Bertz CT molecular complexity index is 726. The molecular formula is C21H22O4. The summed E-state index contributed by atoms with van der Waals surface area (Å²) in [7, 11) is 1.39. The molecule has 3 rings (SSSR count). The van der Waals surface area contributed by atoms with Crippen molar-refractivity contribution < 1.29 is 19.1 Å². The highest BCUT2D eigenvalue weighted by molar-refractivity contribution is 5.90. The normalized spacial score (nSPS) is 22.4. The maximum Gasteiger partial charge on any atom is 0.338 e. The number of hydrogen-bond donors (Lipinski definition) is 0. The molecule has 0 amide bonds. The van der Waals surface area contributed by atoms with Gasteiger partial charge in [0.15, 0.2) is 0 Å². The summed E-state index contributed by atoms with van der Waals surface area (Å²) < 4.78 is 10.9. The van der Waals surface area contributed by atoms with Crippen LogP contribution in [0.15, 0.2) is 60.7 Å². The molecule has 2 unspecified atom stereocenters. The first-order chi connectivity index (χ1) is 12.2. The van der Waals surface area contributed by atoms with E-state index in [0.29, 0.717) is 24.8 Å². The summed E-state index contributed by atoms with van der Waals surface area (Å²) in [5, 5.41) is 0. The molecule has 4 nitrogen and oxygen atoms in total. The predicted octanol–water partition coefficient (Wildman–Crippen LogP) is 3.80. The largest absolute Gasteiger partial charge is 0.468 e. The SMILES string of the molecule is COC(=O)C1(Cc2ccccc2)CCCC1OC(=O)c1ccccc1. The quantitative estimate of drug-likeness (QED) is 0.778. The van der Waals surface area contributed by atoms with Crippen LogP contribution in [0.4, 0.5) is 0 Å². The van der Waals surface area contributed by atoms with Gasteiger partial charge in [0.05, 0.1) is 12.7 Å². The predicted molar refractivity (Wildman–Crippen MR) is 94.1 cm³/mol. The van der Waals surface area contributed by atoms with Gasteiger partial charge in [-0.2, -0.15) is 0 Å². The first-order valence-corrected chi connectivity index (χ1v) is 8.54. The molecule has 0 saturated heterocycles. The van der Waals surface area contributed by atoms with Crippen LogP contribution in [0.3, 0.4) is 0 Å². The molecule has 130 valence electrons. The first-order valence-electron chi connectivity index (χ1n) is 8.54. The summed E-state index contributed by atoms with van der Waals surface area (Å²) in [6.45, 7) is 0. The van der Waals surface area contributed by atoms with E-state index in [-0.39, 0.29) is 5.97 Å². The molecule has 0 radical (unpaired) electrons. The van der Waals surface area contributed by atoms with Crippen LogP contribution in [0.1, 0.15) is 35.2 Å². The highest BCUT2D eigenvalue weighted by Gasteiger charge is 2.52. The second kappa shape index (κ2) is 7.51. The van der Waals surface area contributed by atoms with Crippen molar-refractivity contribution in [2.24, 2.45) is 5.41 Å². The molecule has 0 heterocycles. The average molecular weight is 338 g/mol. The van der Waals surface area contributed by atoms with E-state index in [1.807, 2.05) is 36.4 Å². The third kappa shape index (κ3) is 3.58. The Morgan fingerprint density at radius 1 is 1.04 bits per heavy atom. The Kier molecular flexibility index (Phi) is 5.17. The lowest BCUT2D eigenvalue weighted by Crippen LogP contribution is -2.43. The molecule has 25 heavy (non-hydrogen) atoms. The summed E-state index contributed by atoms with van der Waals surface area (Å²) in [4.78, 5) is 25.1. The van der Waals surface area contributed by atoms with Crippen LogP contribution in [0.5, 0.6) is 0 Å². The number of hydrogen-bond acceptors (Lipinski definition) is 4. The van der Waals surface area contributed by atoms with Gasteiger partial charge in [0.2, 0.25) is 0 Å². The van der Waals surface area contributed by atoms with Crippen LogP contribution in [0, 0.1) is 5.41 Å².